The summed E-state index contributed by atoms with van der Waals surface area (Å²) in [5.74, 6) is -0.771. The number of aromatic carboxylic acids is 1. The lowest BCUT2D eigenvalue weighted by molar-refractivity contribution is 0.0693. The predicted molar refractivity (Wildman–Crippen MR) is 75.8 cm³/mol. The monoisotopic (exact) mass is 277 g/mol. The number of nitrogen functional groups attached to an aromatic ring is 1. The summed E-state index contributed by atoms with van der Waals surface area (Å²) in [6.45, 7) is 2.45. The normalized spacial score (nSPS) is 10.4. The molecule has 4 nitrogen and oxygen atoms in total. The van der Waals surface area contributed by atoms with Crippen LogP contribution in [-0.2, 0) is 13.0 Å². The molecule has 0 unspecified atom stereocenters. The summed E-state index contributed by atoms with van der Waals surface area (Å²) in [5.41, 5.74) is 5.89. The topological polar surface area (TPSA) is 72.5 Å². The number of hydrogen-bond donors (Lipinski definition) is 2. The van der Waals surface area contributed by atoms with Gasteiger partial charge in [-0.2, -0.15) is 0 Å². The van der Waals surface area contributed by atoms with E-state index >= 15 is 0 Å². The number of aryl methyl sites for hydroxylation is 1. The molecule has 0 spiro atoms. The number of ether oxygens (including phenoxy) is 1. The van der Waals surface area contributed by atoms with Crippen molar-refractivity contribution in [2.45, 2.75) is 20.0 Å². The van der Waals surface area contributed by atoms with Crippen molar-refractivity contribution in [1.29, 1.82) is 0 Å². The van der Waals surface area contributed by atoms with Crippen LogP contribution in [0.1, 0.15) is 27.0 Å². The molecule has 0 aliphatic heterocycles. The highest BCUT2D eigenvalue weighted by molar-refractivity contribution is 7.11. The van der Waals surface area contributed by atoms with Gasteiger partial charge in [-0.05, 0) is 30.7 Å². The molecular weight excluding hydrogens is 262 g/mol. The first kappa shape index (κ1) is 13.4. The molecule has 0 aliphatic rings. The lowest BCUT2D eigenvalue weighted by Gasteiger charge is -2.09. The maximum absolute atomic E-state index is 11.1. The summed E-state index contributed by atoms with van der Waals surface area (Å²) >= 11 is 1.67. The smallest absolute Gasteiger partial charge is 0.341 e. The van der Waals surface area contributed by atoms with Gasteiger partial charge in [0.1, 0.15) is 17.9 Å². The molecule has 3 N–H and O–H groups in total. The van der Waals surface area contributed by atoms with Crippen LogP contribution in [0.3, 0.4) is 0 Å². The van der Waals surface area contributed by atoms with Crippen molar-refractivity contribution >= 4 is 23.0 Å². The van der Waals surface area contributed by atoms with Gasteiger partial charge in [-0.15, -0.1) is 11.3 Å². The van der Waals surface area contributed by atoms with Crippen LogP contribution >= 0.6 is 11.3 Å². The molecule has 0 aliphatic carbocycles. The molecular formula is C14H15NO3S. The van der Waals surface area contributed by atoms with E-state index in [2.05, 4.69) is 13.0 Å². The molecule has 0 saturated heterocycles. The minimum atomic E-state index is -1.08. The molecule has 0 amide bonds. The van der Waals surface area contributed by atoms with Gasteiger partial charge in [0.15, 0.2) is 0 Å². The van der Waals surface area contributed by atoms with Gasteiger partial charge in [0.2, 0.25) is 0 Å². The van der Waals surface area contributed by atoms with Crippen molar-refractivity contribution in [3.05, 3.63) is 45.6 Å². The average Bonchev–Trinajstić information content (AvgIpc) is 2.83. The van der Waals surface area contributed by atoms with E-state index in [-0.39, 0.29) is 11.3 Å². The molecule has 2 rings (SSSR count). The highest BCUT2D eigenvalue weighted by Gasteiger charge is 2.15. The lowest BCUT2D eigenvalue weighted by Crippen LogP contribution is -2.06. The SMILES string of the molecule is CCc1ccc(COc2cccc(N)c2C(=O)O)s1. The molecule has 100 valence electrons. The molecule has 0 radical (unpaired) electrons. The average molecular weight is 277 g/mol. The van der Waals surface area contributed by atoms with Crippen LogP contribution < -0.4 is 10.5 Å². The number of anilines is 1. The van der Waals surface area contributed by atoms with Gasteiger partial charge in [-0.1, -0.05) is 13.0 Å². The maximum Gasteiger partial charge on any atom is 0.341 e. The largest absolute Gasteiger partial charge is 0.487 e. The maximum atomic E-state index is 11.1. The molecule has 0 fully saturated rings. The number of thiophene rings is 1. The van der Waals surface area contributed by atoms with Gasteiger partial charge in [-0.25, -0.2) is 4.79 Å². The Kier molecular flexibility index (Phi) is 4.06. The first-order valence-electron chi connectivity index (χ1n) is 5.94. The van der Waals surface area contributed by atoms with Gasteiger partial charge in [-0.3, -0.25) is 0 Å². The summed E-state index contributed by atoms with van der Waals surface area (Å²) in [7, 11) is 0. The summed E-state index contributed by atoms with van der Waals surface area (Å²) in [6, 6.07) is 8.91. The van der Waals surface area contributed by atoms with Gasteiger partial charge in [0, 0.05) is 15.4 Å². The highest BCUT2D eigenvalue weighted by Crippen LogP contribution is 2.26. The third-order valence-electron chi connectivity index (χ3n) is 2.71. The first-order chi connectivity index (χ1) is 9.11. The fraction of sp³-hybridized carbons (Fsp3) is 0.214. The summed E-state index contributed by atoms with van der Waals surface area (Å²) < 4.78 is 5.57. The van der Waals surface area contributed by atoms with Crippen LogP contribution in [0.25, 0.3) is 0 Å². The Hall–Kier alpha value is -2.01. The fourth-order valence-electron chi connectivity index (χ4n) is 1.74. The van der Waals surface area contributed by atoms with E-state index in [0.717, 1.165) is 11.3 Å². The molecule has 1 heterocycles. The third kappa shape index (κ3) is 3.06. The van der Waals surface area contributed by atoms with Crippen molar-refractivity contribution in [1.82, 2.24) is 0 Å². The lowest BCUT2D eigenvalue weighted by atomic mass is 10.1. The van der Waals surface area contributed by atoms with Gasteiger partial charge in [0.05, 0.1) is 0 Å². The summed E-state index contributed by atoms with van der Waals surface area (Å²) in [6.07, 6.45) is 0.989. The first-order valence-corrected chi connectivity index (χ1v) is 6.75. The van der Waals surface area contributed by atoms with Crippen molar-refractivity contribution in [2.75, 3.05) is 5.73 Å². The molecule has 5 heteroatoms. The molecule has 0 saturated carbocycles. The van der Waals surface area contributed by atoms with Gasteiger partial charge >= 0.3 is 5.97 Å². The van der Waals surface area contributed by atoms with Crippen molar-refractivity contribution < 1.29 is 14.6 Å². The second-order valence-electron chi connectivity index (χ2n) is 4.04. The molecule has 19 heavy (non-hydrogen) atoms. The second kappa shape index (κ2) is 5.75. The van der Waals surface area contributed by atoms with E-state index in [9.17, 15) is 4.79 Å². The molecule has 1 aromatic carbocycles. The Balaban J connectivity index is 2.15. The Morgan fingerprint density at radius 3 is 2.68 bits per heavy atom. The standard InChI is InChI=1S/C14H15NO3S/c1-2-9-6-7-10(19-9)8-18-12-5-3-4-11(15)13(12)14(16)17/h3-7H,2,8,15H2,1H3,(H,16,17). The van der Waals surface area contributed by atoms with Crippen molar-refractivity contribution in [2.24, 2.45) is 0 Å². The van der Waals surface area contributed by atoms with Crippen LogP contribution in [0.5, 0.6) is 5.75 Å². The van der Waals surface area contributed by atoms with Gasteiger partial charge < -0.3 is 15.6 Å². The fourth-order valence-corrected chi connectivity index (χ4v) is 2.61. The minimum Gasteiger partial charge on any atom is -0.487 e. The molecule has 1 aromatic heterocycles. The number of carboxylic acids is 1. The number of rotatable bonds is 5. The van der Waals surface area contributed by atoms with Crippen LogP contribution in [0.4, 0.5) is 5.69 Å². The second-order valence-corrected chi connectivity index (χ2v) is 5.29. The zero-order valence-electron chi connectivity index (χ0n) is 10.6. The number of carbonyl (C=O) groups is 1. The number of benzene rings is 1. The minimum absolute atomic E-state index is 0.0229. The van der Waals surface area contributed by atoms with E-state index in [1.807, 2.05) is 6.07 Å². The zero-order valence-corrected chi connectivity index (χ0v) is 11.4. The van der Waals surface area contributed by atoms with Crippen LogP contribution in [0.2, 0.25) is 0 Å². The van der Waals surface area contributed by atoms with E-state index in [4.69, 9.17) is 15.6 Å². The number of carboxylic acid groups (broad SMARTS) is 1. The Labute approximate surface area is 115 Å². The van der Waals surface area contributed by atoms with Crippen LogP contribution in [-0.4, -0.2) is 11.1 Å². The van der Waals surface area contributed by atoms with E-state index < -0.39 is 5.97 Å². The Bertz CT molecular complexity index is 592. The predicted octanol–water partition coefficient (Wildman–Crippen LogP) is 3.17. The molecule has 0 atom stereocenters. The Morgan fingerprint density at radius 2 is 2.05 bits per heavy atom. The highest BCUT2D eigenvalue weighted by atomic mass is 32.1. The van der Waals surface area contributed by atoms with E-state index in [0.29, 0.717) is 12.4 Å². The quantitative estimate of drug-likeness (QED) is 0.823. The van der Waals surface area contributed by atoms with E-state index in [1.54, 1.807) is 29.5 Å². The number of hydrogen-bond acceptors (Lipinski definition) is 4. The zero-order chi connectivity index (χ0) is 13.8. The summed E-state index contributed by atoms with van der Waals surface area (Å²) in [4.78, 5) is 13.5. The van der Waals surface area contributed by atoms with Gasteiger partial charge in [0.25, 0.3) is 0 Å². The molecule has 2 aromatic rings. The summed E-state index contributed by atoms with van der Waals surface area (Å²) in [5, 5.41) is 9.13. The Morgan fingerprint density at radius 1 is 1.32 bits per heavy atom. The van der Waals surface area contributed by atoms with E-state index in [1.165, 1.54) is 4.88 Å². The third-order valence-corrected chi connectivity index (χ3v) is 3.91. The van der Waals surface area contributed by atoms with Crippen molar-refractivity contribution in [3.63, 3.8) is 0 Å². The van der Waals surface area contributed by atoms with Crippen molar-refractivity contribution in [3.8, 4) is 5.75 Å². The molecule has 0 bridgehead atoms. The van der Waals surface area contributed by atoms with Crippen LogP contribution in [0.15, 0.2) is 30.3 Å². The number of nitrogens with two attached hydrogens (primary N) is 1. The van der Waals surface area contributed by atoms with Crippen LogP contribution in [0, 0.1) is 0 Å².